The molecule has 2 N–H and O–H groups in total. The first-order valence-corrected chi connectivity index (χ1v) is 6.01. The average Bonchev–Trinajstić information content (AvgIpc) is 2.43. The van der Waals surface area contributed by atoms with Crippen molar-refractivity contribution in [1.82, 2.24) is 4.57 Å². The van der Waals surface area contributed by atoms with E-state index in [1.165, 1.54) is 22.6 Å². The van der Waals surface area contributed by atoms with Gasteiger partial charge in [-0.05, 0) is 66.5 Å². The molecule has 0 saturated carbocycles. The zero-order chi connectivity index (χ0) is 11.9. The lowest BCUT2D eigenvalue weighted by Gasteiger charge is -2.13. The normalized spacial score (nSPS) is 10.8. The molecule has 0 spiro atoms. The van der Waals surface area contributed by atoms with Gasteiger partial charge in [-0.3, -0.25) is 0 Å². The number of aromatic nitrogens is 1. The predicted octanol–water partition coefficient (Wildman–Crippen LogP) is 3.75. The lowest BCUT2D eigenvalue weighted by molar-refractivity contribution is 0.953. The largest absolute Gasteiger partial charge is 0.399 e. The molecule has 3 heteroatoms. The Kier molecular flexibility index (Phi) is 2.80. The van der Waals surface area contributed by atoms with E-state index in [1.54, 1.807) is 0 Å². The van der Waals surface area contributed by atoms with Crippen LogP contribution < -0.4 is 5.73 Å². The molecule has 1 aromatic carbocycles. The fourth-order valence-electron chi connectivity index (χ4n) is 2.02. The van der Waals surface area contributed by atoms with E-state index in [0.29, 0.717) is 0 Å². The fraction of sp³-hybridized carbons (Fsp3) is 0.231. The maximum absolute atomic E-state index is 5.77. The first-order valence-electron chi connectivity index (χ1n) is 5.21. The van der Waals surface area contributed by atoms with E-state index in [9.17, 15) is 0 Å². The molecule has 0 amide bonds. The summed E-state index contributed by atoms with van der Waals surface area (Å²) in [4.78, 5) is 0. The maximum atomic E-state index is 5.77. The molecule has 0 radical (unpaired) electrons. The lowest BCUT2D eigenvalue weighted by atomic mass is 10.1. The van der Waals surface area contributed by atoms with Crippen LogP contribution in [0.1, 0.15) is 17.0 Å². The number of hydrogen-bond donors (Lipinski definition) is 1. The summed E-state index contributed by atoms with van der Waals surface area (Å²) in [6.07, 6.45) is 0. The number of anilines is 1. The van der Waals surface area contributed by atoms with Crippen molar-refractivity contribution in [2.24, 2.45) is 0 Å². The summed E-state index contributed by atoms with van der Waals surface area (Å²) in [5.41, 5.74) is 11.4. The Labute approximate surface area is 104 Å². The second-order valence-corrected chi connectivity index (χ2v) is 4.95. The summed E-state index contributed by atoms with van der Waals surface area (Å²) >= 11 is 3.56. The number of benzene rings is 1. The Morgan fingerprint density at radius 2 is 1.81 bits per heavy atom. The zero-order valence-corrected chi connectivity index (χ0v) is 11.3. The van der Waals surface area contributed by atoms with E-state index in [-0.39, 0.29) is 0 Å². The van der Waals surface area contributed by atoms with Gasteiger partial charge in [-0.25, -0.2) is 0 Å². The third kappa shape index (κ3) is 1.76. The van der Waals surface area contributed by atoms with Crippen LogP contribution in [0.15, 0.2) is 28.7 Å². The highest BCUT2D eigenvalue weighted by Crippen LogP contribution is 2.27. The molecule has 16 heavy (non-hydrogen) atoms. The second kappa shape index (κ2) is 3.98. The SMILES string of the molecule is Cc1cc(N)ccc1-n1c(C)cc(Br)c1C. The van der Waals surface area contributed by atoms with Crippen molar-refractivity contribution in [2.45, 2.75) is 20.8 Å². The van der Waals surface area contributed by atoms with E-state index >= 15 is 0 Å². The van der Waals surface area contributed by atoms with Gasteiger partial charge in [-0.2, -0.15) is 0 Å². The Morgan fingerprint density at radius 1 is 1.12 bits per heavy atom. The highest BCUT2D eigenvalue weighted by molar-refractivity contribution is 9.10. The molecular weight excluding hydrogens is 264 g/mol. The molecule has 84 valence electrons. The van der Waals surface area contributed by atoms with E-state index in [2.05, 4.69) is 53.4 Å². The first kappa shape index (κ1) is 11.3. The van der Waals surface area contributed by atoms with Gasteiger partial charge in [0.05, 0.1) is 0 Å². The Morgan fingerprint density at radius 3 is 2.31 bits per heavy atom. The topological polar surface area (TPSA) is 30.9 Å². The molecule has 2 nitrogen and oxygen atoms in total. The van der Waals surface area contributed by atoms with Crippen molar-refractivity contribution in [2.75, 3.05) is 5.73 Å². The number of hydrogen-bond acceptors (Lipinski definition) is 1. The molecule has 0 bridgehead atoms. The molecule has 2 rings (SSSR count). The van der Waals surface area contributed by atoms with Gasteiger partial charge in [0.2, 0.25) is 0 Å². The van der Waals surface area contributed by atoms with Crippen molar-refractivity contribution in [3.63, 3.8) is 0 Å². The van der Waals surface area contributed by atoms with Crippen LogP contribution in [0.5, 0.6) is 0 Å². The summed E-state index contributed by atoms with van der Waals surface area (Å²) in [6, 6.07) is 8.14. The number of halogens is 1. The quantitative estimate of drug-likeness (QED) is 0.792. The van der Waals surface area contributed by atoms with Gasteiger partial charge in [0.1, 0.15) is 0 Å². The van der Waals surface area contributed by atoms with Crippen LogP contribution in [0.4, 0.5) is 5.69 Å². The standard InChI is InChI=1S/C13H15BrN2/c1-8-6-11(15)4-5-13(8)16-9(2)7-12(14)10(16)3/h4-7H,15H2,1-3H3. The third-order valence-corrected chi connectivity index (χ3v) is 3.63. The van der Waals surface area contributed by atoms with E-state index in [4.69, 9.17) is 5.73 Å². The summed E-state index contributed by atoms with van der Waals surface area (Å²) < 4.78 is 3.38. The highest BCUT2D eigenvalue weighted by atomic mass is 79.9. The number of rotatable bonds is 1. The van der Waals surface area contributed by atoms with E-state index in [1.807, 2.05) is 12.1 Å². The Bertz CT molecular complexity index is 541. The maximum Gasteiger partial charge on any atom is 0.0486 e. The van der Waals surface area contributed by atoms with Crippen LogP contribution in [0.2, 0.25) is 0 Å². The monoisotopic (exact) mass is 278 g/mol. The number of nitrogens with zero attached hydrogens (tertiary/aromatic N) is 1. The van der Waals surface area contributed by atoms with E-state index in [0.717, 1.165) is 10.2 Å². The molecule has 0 atom stereocenters. The molecule has 0 fully saturated rings. The molecule has 0 aliphatic heterocycles. The lowest BCUT2D eigenvalue weighted by Crippen LogP contribution is -2.01. The molecule has 0 aliphatic rings. The van der Waals surface area contributed by atoms with Crippen molar-refractivity contribution in [1.29, 1.82) is 0 Å². The minimum atomic E-state index is 0.808. The summed E-state index contributed by atoms with van der Waals surface area (Å²) in [5.74, 6) is 0. The van der Waals surface area contributed by atoms with Crippen molar-refractivity contribution in [3.8, 4) is 5.69 Å². The van der Waals surface area contributed by atoms with Gasteiger partial charge < -0.3 is 10.3 Å². The van der Waals surface area contributed by atoms with Crippen molar-refractivity contribution >= 4 is 21.6 Å². The highest BCUT2D eigenvalue weighted by Gasteiger charge is 2.10. The van der Waals surface area contributed by atoms with Crippen LogP contribution in [0.3, 0.4) is 0 Å². The third-order valence-electron chi connectivity index (χ3n) is 2.83. The van der Waals surface area contributed by atoms with Gasteiger partial charge in [0.15, 0.2) is 0 Å². The Hall–Kier alpha value is -1.22. The molecule has 0 saturated heterocycles. The second-order valence-electron chi connectivity index (χ2n) is 4.10. The molecule has 0 aliphatic carbocycles. The molecule has 1 heterocycles. The minimum Gasteiger partial charge on any atom is -0.399 e. The summed E-state index contributed by atoms with van der Waals surface area (Å²) in [6.45, 7) is 6.29. The van der Waals surface area contributed by atoms with Crippen molar-refractivity contribution in [3.05, 3.63) is 45.7 Å². The van der Waals surface area contributed by atoms with Gasteiger partial charge in [0.25, 0.3) is 0 Å². The van der Waals surface area contributed by atoms with Gasteiger partial charge in [-0.1, -0.05) is 0 Å². The minimum absolute atomic E-state index is 0.808. The molecule has 1 aromatic heterocycles. The van der Waals surface area contributed by atoms with Gasteiger partial charge >= 0.3 is 0 Å². The zero-order valence-electron chi connectivity index (χ0n) is 9.71. The van der Waals surface area contributed by atoms with Gasteiger partial charge in [-0.15, -0.1) is 0 Å². The predicted molar refractivity (Wildman–Crippen MR) is 72.1 cm³/mol. The first-order chi connectivity index (χ1) is 7.50. The summed E-state index contributed by atoms with van der Waals surface area (Å²) in [7, 11) is 0. The van der Waals surface area contributed by atoms with Crippen molar-refractivity contribution < 1.29 is 0 Å². The van der Waals surface area contributed by atoms with E-state index < -0.39 is 0 Å². The van der Waals surface area contributed by atoms with Crippen LogP contribution in [0, 0.1) is 20.8 Å². The van der Waals surface area contributed by atoms with Crippen LogP contribution in [-0.4, -0.2) is 4.57 Å². The smallest absolute Gasteiger partial charge is 0.0486 e. The van der Waals surface area contributed by atoms with Crippen LogP contribution >= 0.6 is 15.9 Å². The van der Waals surface area contributed by atoms with Crippen LogP contribution in [-0.2, 0) is 0 Å². The number of nitrogens with two attached hydrogens (primary N) is 1. The Balaban J connectivity index is 2.67. The van der Waals surface area contributed by atoms with Crippen LogP contribution in [0.25, 0.3) is 5.69 Å². The molecular formula is C13H15BrN2. The summed E-state index contributed by atoms with van der Waals surface area (Å²) in [5, 5.41) is 0. The van der Waals surface area contributed by atoms with Gasteiger partial charge in [0, 0.05) is 27.2 Å². The molecule has 2 aromatic rings. The number of nitrogen functional groups attached to an aromatic ring is 1. The average molecular weight is 279 g/mol. The fourth-order valence-corrected chi connectivity index (χ4v) is 2.53. The molecule has 0 unspecified atom stereocenters. The number of aryl methyl sites for hydroxylation is 2.